The van der Waals surface area contributed by atoms with Gasteiger partial charge in [0, 0.05) is 51.3 Å². The van der Waals surface area contributed by atoms with Gasteiger partial charge in [-0.15, -0.1) is 11.3 Å². The first-order valence-electron chi connectivity index (χ1n) is 24.5. The van der Waals surface area contributed by atoms with Crippen molar-refractivity contribution in [3.05, 3.63) is 52.5 Å². The van der Waals surface area contributed by atoms with Crippen molar-refractivity contribution in [3.8, 4) is 0 Å². The number of ether oxygens (including phenoxy) is 3. The van der Waals surface area contributed by atoms with Gasteiger partial charge in [-0.25, -0.2) is 4.98 Å². The molecule has 376 valence electrons. The molecule has 8 unspecified atom stereocenters. The van der Waals surface area contributed by atoms with Crippen LogP contribution in [0.4, 0.5) is 0 Å². The first kappa shape index (κ1) is 55.6. The zero-order valence-corrected chi connectivity index (χ0v) is 43.3. The average molecular weight is 954 g/mol. The van der Waals surface area contributed by atoms with Crippen LogP contribution in [0.25, 0.3) is 0 Å². The van der Waals surface area contributed by atoms with Crippen molar-refractivity contribution in [1.82, 2.24) is 30.7 Å². The van der Waals surface area contributed by atoms with E-state index in [1.165, 1.54) is 11.3 Å². The Balaban J connectivity index is 1.46. The minimum Gasteiger partial charge on any atom is -0.379 e. The maximum Gasteiger partial charge on any atom is 0.246 e. The van der Waals surface area contributed by atoms with Gasteiger partial charge in [0.05, 0.1) is 54.9 Å². The van der Waals surface area contributed by atoms with Crippen LogP contribution in [0.3, 0.4) is 0 Å². The van der Waals surface area contributed by atoms with Crippen molar-refractivity contribution in [2.24, 2.45) is 23.5 Å². The fraction of sp³-hybridized carbons (Fsp3) is 0.725. The number of amides is 5. The van der Waals surface area contributed by atoms with Crippen molar-refractivity contribution in [2.45, 2.75) is 186 Å². The molecule has 16 heteroatoms. The summed E-state index contributed by atoms with van der Waals surface area (Å²) in [5.41, 5.74) is 4.96. The van der Waals surface area contributed by atoms with Gasteiger partial charge in [0.25, 0.3) is 0 Å². The number of nitrogens with zero attached hydrogens (tertiary/aromatic N) is 3. The van der Waals surface area contributed by atoms with Crippen LogP contribution in [0.2, 0.25) is 0 Å². The molecule has 2 aromatic rings. The summed E-state index contributed by atoms with van der Waals surface area (Å²) in [6.45, 7) is 18.2. The first-order valence-corrected chi connectivity index (χ1v) is 25.3. The molecule has 1 aliphatic carbocycles. The van der Waals surface area contributed by atoms with E-state index in [0.29, 0.717) is 51.7 Å². The van der Waals surface area contributed by atoms with Crippen LogP contribution in [0.1, 0.15) is 143 Å². The van der Waals surface area contributed by atoms with Crippen molar-refractivity contribution in [1.29, 1.82) is 0 Å². The Morgan fingerprint density at radius 3 is 2.22 bits per heavy atom. The SMILES string of the molecule is CCC(C)C(C(CC(=O)N1CCCC1C(OC)C(C)C(=O)NC(Cc1ccccc1)c1nccs1)OC)N(C)C(=O)C(NC(=O)C1(NC(=O)CCC(C)(C)OCC(C)(C)N)CCCC1)C(C)C. The number of rotatable bonds is 26. The minimum atomic E-state index is -1.14. The molecule has 1 aliphatic heterocycles. The average Bonchev–Trinajstić information content (AvgIpc) is 4.10. The quantitative estimate of drug-likeness (QED) is 0.0827. The van der Waals surface area contributed by atoms with E-state index in [1.54, 1.807) is 32.4 Å². The Kier molecular flexibility index (Phi) is 20.8. The number of methoxy groups -OCH3 is 2. The minimum absolute atomic E-state index is 0.000485. The Bertz CT molecular complexity index is 1880. The van der Waals surface area contributed by atoms with Crippen LogP contribution in [0.5, 0.6) is 0 Å². The van der Waals surface area contributed by atoms with E-state index >= 15 is 0 Å². The first-order chi connectivity index (χ1) is 31.6. The van der Waals surface area contributed by atoms with Gasteiger partial charge < -0.3 is 45.7 Å². The molecule has 0 radical (unpaired) electrons. The van der Waals surface area contributed by atoms with Crippen LogP contribution in [0.15, 0.2) is 41.9 Å². The summed E-state index contributed by atoms with van der Waals surface area (Å²) in [5.74, 6) is -2.20. The van der Waals surface area contributed by atoms with Crippen LogP contribution >= 0.6 is 11.3 Å². The number of carbonyl (C=O) groups is 5. The molecule has 1 aromatic carbocycles. The Hall–Kier alpha value is -3.96. The number of hydrogen-bond donors (Lipinski definition) is 4. The second-order valence-electron chi connectivity index (χ2n) is 20.8. The van der Waals surface area contributed by atoms with Crippen LogP contribution in [0, 0.1) is 17.8 Å². The van der Waals surface area contributed by atoms with Gasteiger partial charge in [-0.05, 0) is 83.6 Å². The molecule has 2 heterocycles. The molecular weight excluding hydrogens is 871 g/mol. The molecule has 15 nitrogen and oxygen atoms in total. The fourth-order valence-electron chi connectivity index (χ4n) is 9.66. The lowest BCUT2D eigenvalue weighted by atomic mass is 9.89. The van der Waals surface area contributed by atoms with Crippen molar-refractivity contribution in [2.75, 3.05) is 34.4 Å². The Morgan fingerprint density at radius 1 is 0.985 bits per heavy atom. The molecule has 5 N–H and O–H groups in total. The highest BCUT2D eigenvalue weighted by atomic mass is 32.1. The molecular formula is C51H83N7O8S. The molecule has 1 aromatic heterocycles. The lowest BCUT2D eigenvalue weighted by Gasteiger charge is -2.41. The van der Waals surface area contributed by atoms with E-state index in [-0.39, 0.29) is 66.3 Å². The number of aromatic nitrogens is 1. The largest absolute Gasteiger partial charge is 0.379 e. The number of thiazole rings is 1. The summed E-state index contributed by atoms with van der Waals surface area (Å²) >= 11 is 1.50. The number of nitrogens with one attached hydrogen (secondary N) is 3. The van der Waals surface area contributed by atoms with E-state index in [9.17, 15) is 24.0 Å². The second kappa shape index (κ2) is 25.1. The third-order valence-electron chi connectivity index (χ3n) is 13.9. The summed E-state index contributed by atoms with van der Waals surface area (Å²) in [6.07, 6.45) is 6.28. The lowest BCUT2D eigenvalue weighted by Crippen LogP contribution is -2.63. The highest BCUT2D eigenvalue weighted by Gasteiger charge is 2.46. The van der Waals surface area contributed by atoms with Crippen LogP contribution < -0.4 is 21.7 Å². The van der Waals surface area contributed by atoms with Crippen LogP contribution in [-0.4, -0.2) is 126 Å². The maximum absolute atomic E-state index is 14.7. The highest BCUT2D eigenvalue weighted by molar-refractivity contribution is 7.09. The van der Waals surface area contributed by atoms with Crippen LogP contribution in [-0.2, 0) is 44.6 Å². The number of nitrogens with two attached hydrogens (primary N) is 1. The molecule has 0 spiro atoms. The molecule has 5 amide bonds. The van der Waals surface area contributed by atoms with E-state index in [1.807, 2.05) is 103 Å². The molecule has 8 atom stereocenters. The van der Waals surface area contributed by atoms with Gasteiger partial charge in [0.2, 0.25) is 29.5 Å². The number of likely N-dealkylation sites (N-methyl/N-ethyl adjacent to an activating group) is 1. The van der Waals surface area contributed by atoms with Crippen molar-refractivity contribution < 1.29 is 38.2 Å². The van der Waals surface area contributed by atoms with Crippen molar-refractivity contribution >= 4 is 40.9 Å². The molecule has 67 heavy (non-hydrogen) atoms. The standard InChI is InChI=1S/C51H83N7O8S/c1-13-34(4)43(57(10)47(62)42(33(2)3)55-48(63)51(24-17-18-25-51)56-40(59)23-26-50(8,9)66-32-49(6,7)52)39(64-11)31-41(60)58-28-19-22-38(58)44(65-12)35(5)45(61)54-37(46-53-27-29-67-46)30-36-20-15-14-16-21-36/h14-16,20-21,27,29,33-35,37-39,42-44H,13,17-19,22-26,28,30-32,52H2,1-12H3,(H,54,61)(H,55,63)(H,56,59). The van der Waals surface area contributed by atoms with Gasteiger partial charge in [0.15, 0.2) is 0 Å². The van der Waals surface area contributed by atoms with E-state index in [4.69, 9.17) is 19.9 Å². The molecule has 2 fully saturated rings. The number of hydrogen-bond acceptors (Lipinski definition) is 11. The van der Waals surface area contributed by atoms with Gasteiger partial charge in [-0.2, -0.15) is 0 Å². The number of benzene rings is 1. The zero-order chi connectivity index (χ0) is 49.7. The summed E-state index contributed by atoms with van der Waals surface area (Å²) in [6, 6.07) is 7.89. The third-order valence-corrected chi connectivity index (χ3v) is 14.8. The Labute approximate surface area is 404 Å². The lowest BCUT2D eigenvalue weighted by molar-refractivity contribution is -0.148. The van der Waals surface area contributed by atoms with E-state index in [2.05, 4.69) is 20.9 Å². The highest BCUT2D eigenvalue weighted by Crippen LogP contribution is 2.33. The number of likely N-dealkylation sites (tertiary alicyclic amines) is 1. The van der Waals surface area contributed by atoms with E-state index < -0.39 is 46.9 Å². The predicted molar refractivity (Wildman–Crippen MR) is 263 cm³/mol. The molecule has 1 saturated carbocycles. The summed E-state index contributed by atoms with van der Waals surface area (Å²) in [4.78, 5) is 79.0. The van der Waals surface area contributed by atoms with E-state index in [0.717, 1.165) is 29.8 Å². The maximum atomic E-state index is 14.7. The van der Waals surface area contributed by atoms with Crippen molar-refractivity contribution in [3.63, 3.8) is 0 Å². The molecule has 2 aliphatic rings. The molecule has 0 bridgehead atoms. The summed E-state index contributed by atoms with van der Waals surface area (Å²) in [7, 11) is 4.87. The second-order valence-corrected chi connectivity index (χ2v) is 21.7. The fourth-order valence-corrected chi connectivity index (χ4v) is 10.4. The number of carbonyl (C=O) groups excluding carboxylic acids is 5. The third kappa shape index (κ3) is 15.5. The van der Waals surface area contributed by atoms with Gasteiger partial charge in [-0.3, -0.25) is 24.0 Å². The zero-order valence-electron chi connectivity index (χ0n) is 42.5. The predicted octanol–water partition coefficient (Wildman–Crippen LogP) is 6.35. The monoisotopic (exact) mass is 954 g/mol. The molecule has 1 saturated heterocycles. The van der Waals surface area contributed by atoms with Gasteiger partial charge >= 0.3 is 0 Å². The summed E-state index contributed by atoms with van der Waals surface area (Å²) in [5, 5.41) is 12.1. The topological polar surface area (TPSA) is 195 Å². The molecule has 4 rings (SSSR count). The Morgan fingerprint density at radius 2 is 1.66 bits per heavy atom. The van der Waals surface area contributed by atoms with Gasteiger partial charge in [-0.1, -0.05) is 84.2 Å². The summed E-state index contributed by atoms with van der Waals surface area (Å²) < 4.78 is 18.2. The normalized spacial score (nSPS) is 19.5. The van der Waals surface area contributed by atoms with Gasteiger partial charge in [0.1, 0.15) is 16.6 Å². The smallest absolute Gasteiger partial charge is 0.246 e.